The van der Waals surface area contributed by atoms with Crippen molar-refractivity contribution < 1.29 is 9.59 Å². The zero-order valence-corrected chi connectivity index (χ0v) is 13.2. The minimum atomic E-state index is -0.448. The maximum atomic E-state index is 11.9. The van der Waals surface area contributed by atoms with Gasteiger partial charge in [-0.05, 0) is 43.9 Å². The molecule has 2 saturated carbocycles. The molecule has 0 spiro atoms. The molecule has 2 fully saturated rings. The molecule has 20 heavy (non-hydrogen) atoms. The molecule has 4 heteroatoms. The van der Waals surface area contributed by atoms with E-state index in [-0.39, 0.29) is 24.4 Å². The molecule has 0 aliphatic heterocycles. The van der Waals surface area contributed by atoms with Crippen molar-refractivity contribution in [2.24, 2.45) is 23.2 Å². The smallest absolute Gasteiger partial charge is 0.239 e. The van der Waals surface area contributed by atoms with Crippen LogP contribution in [0.3, 0.4) is 0 Å². The average Bonchev–Trinajstić information content (AvgIpc) is 2.96. The molecule has 0 radical (unpaired) electrons. The number of hydrogen-bond donors (Lipinski definition) is 2. The number of hydrogen-bond acceptors (Lipinski definition) is 2. The number of rotatable bonds is 4. The summed E-state index contributed by atoms with van der Waals surface area (Å²) in [6, 6.07) is 0.226. The van der Waals surface area contributed by atoms with Gasteiger partial charge in [0.15, 0.2) is 0 Å². The third kappa shape index (κ3) is 3.53. The molecule has 2 aliphatic rings. The number of nitrogens with one attached hydrogen (secondary N) is 2. The van der Waals surface area contributed by atoms with E-state index in [1.54, 1.807) is 0 Å². The summed E-state index contributed by atoms with van der Waals surface area (Å²) in [7, 11) is 0. The lowest BCUT2D eigenvalue weighted by atomic mass is 9.84. The van der Waals surface area contributed by atoms with Gasteiger partial charge in [0, 0.05) is 11.5 Å². The van der Waals surface area contributed by atoms with Crippen LogP contribution in [-0.2, 0) is 9.59 Å². The molecule has 114 valence electrons. The van der Waals surface area contributed by atoms with Crippen LogP contribution >= 0.6 is 0 Å². The molecular formula is C16H28N2O2. The SMILES string of the molecule is C[C@@H](NC(=O)CNC(=O)C(C)(C)C)[C@H]1C[C@H]2CC[C@H]1C2. The topological polar surface area (TPSA) is 58.2 Å². The molecule has 0 unspecified atom stereocenters. The number of fused-ring (bicyclic) bond motifs is 2. The first-order valence-electron chi connectivity index (χ1n) is 7.85. The standard InChI is InChI=1S/C16H28N2O2/c1-10(13-8-11-5-6-12(13)7-11)18-14(19)9-17-15(20)16(2,3)4/h10-13H,5-9H2,1-4H3,(H,17,20)(H,18,19)/t10-,11+,12+,13-/m1/s1. The van der Waals surface area contributed by atoms with Gasteiger partial charge in [-0.15, -0.1) is 0 Å². The van der Waals surface area contributed by atoms with E-state index in [9.17, 15) is 9.59 Å². The number of amides is 2. The van der Waals surface area contributed by atoms with Gasteiger partial charge in [0.2, 0.25) is 11.8 Å². The molecule has 0 aromatic carbocycles. The quantitative estimate of drug-likeness (QED) is 0.828. The molecule has 0 saturated heterocycles. The van der Waals surface area contributed by atoms with Gasteiger partial charge in [-0.3, -0.25) is 9.59 Å². The molecule has 0 aromatic heterocycles. The molecule has 4 nitrogen and oxygen atoms in total. The van der Waals surface area contributed by atoms with E-state index in [4.69, 9.17) is 0 Å². The van der Waals surface area contributed by atoms with E-state index in [0.717, 1.165) is 11.8 Å². The Balaban J connectivity index is 1.73. The summed E-state index contributed by atoms with van der Waals surface area (Å²) < 4.78 is 0. The molecule has 2 N–H and O–H groups in total. The minimum absolute atomic E-state index is 0.0714. The lowest BCUT2D eigenvalue weighted by Gasteiger charge is -2.28. The third-order valence-electron chi connectivity index (χ3n) is 4.91. The molecular weight excluding hydrogens is 252 g/mol. The van der Waals surface area contributed by atoms with E-state index < -0.39 is 5.41 Å². The summed E-state index contributed by atoms with van der Waals surface area (Å²) in [5, 5.41) is 5.76. The van der Waals surface area contributed by atoms with Gasteiger partial charge in [-0.2, -0.15) is 0 Å². The molecule has 2 amide bonds. The van der Waals surface area contributed by atoms with Crippen molar-refractivity contribution in [2.75, 3.05) is 6.54 Å². The normalized spacial score (nSPS) is 30.1. The van der Waals surface area contributed by atoms with Crippen LogP contribution in [0.15, 0.2) is 0 Å². The molecule has 2 aliphatic carbocycles. The maximum Gasteiger partial charge on any atom is 0.239 e. The first-order valence-corrected chi connectivity index (χ1v) is 7.85. The minimum Gasteiger partial charge on any atom is -0.352 e. The first-order chi connectivity index (χ1) is 9.27. The summed E-state index contributed by atoms with van der Waals surface area (Å²) in [5.41, 5.74) is -0.448. The average molecular weight is 280 g/mol. The van der Waals surface area contributed by atoms with E-state index >= 15 is 0 Å². The number of carbonyl (C=O) groups is 2. The van der Waals surface area contributed by atoms with Crippen molar-refractivity contribution in [1.29, 1.82) is 0 Å². The predicted octanol–water partition coefficient (Wildman–Crippen LogP) is 2.09. The van der Waals surface area contributed by atoms with Crippen molar-refractivity contribution in [3.8, 4) is 0 Å². The van der Waals surface area contributed by atoms with Crippen molar-refractivity contribution in [3.05, 3.63) is 0 Å². The van der Waals surface area contributed by atoms with Gasteiger partial charge in [-0.25, -0.2) is 0 Å². The van der Waals surface area contributed by atoms with Crippen molar-refractivity contribution in [1.82, 2.24) is 10.6 Å². The fourth-order valence-electron chi connectivity index (χ4n) is 3.74. The third-order valence-corrected chi connectivity index (χ3v) is 4.91. The maximum absolute atomic E-state index is 11.9. The second kappa shape index (κ2) is 5.74. The van der Waals surface area contributed by atoms with Gasteiger partial charge in [0.25, 0.3) is 0 Å². The van der Waals surface area contributed by atoms with E-state index in [1.165, 1.54) is 25.7 Å². The van der Waals surface area contributed by atoms with Gasteiger partial charge in [0.05, 0.1) is 6.54 Å². The molecule has 2 rings (SSSR count). The van der Waals surface area contributed by atoms with Crippen molar-refractivity contribution in [3.63, 3.8) is 0 Å². The second-order valence-corrected chi connectivity index (χ2v) is 7.63. The summed E-state index contributed by atoms with van der Waals surface area (Å²) in [6.07, 6.45) is 5.33. The predicted molar refractivity (Wildman–Crippen MR) is 79.0 cm³/mol. The largest absolute Gasteiger partial charge is 0.352 e. The van der Waals surface area contributed by atoms with E-state index in [0.29, 0.717) is 5.92 Å². The summed E-state index contributed by atoms with van der Waals surface area (Å²) in [5.74, 6) is 2.18. The fourth-order valence-corrected chi connectivity index (χ4v) is 3.74. The molecule has 4 atom stereocenters. The Labute approximate surface area is 122 Å². The van der Waals surface area contributed by atoms with Gasteiger partial charge < -0.3 is 10.6 Å². The lowest BCUT2D eigenvalue weighted by Crippen LogP contribution is -2.46. The Morgan fingerprint density at radius 1 is 1.20 bits per heavy atom. The fraction of sp³-hybridized carbons (Fsp3) is 0.875. The van der Waals surface area contributed by atoms with Gasteiger partial charge in [0.1, 0.15) is 0 Å². The van der Waals surface area contributed by atoms with Crippen LogP contribution in [0.5, 0.6) is 0 Å². The molecule has 0 heterocycles. The van der Waals surface area contributed by atoms with E-state index in [2.05, 4.69) is 17.6 Å². The zero-order chi connectivity index (χ0) is 14.9. The van der Waals surface area contributed by atoms with Crippen LogP contribution in [0.2, 0.25) is 0 Å². The van der Waals surface area contributed by atoms with E-state index in [1.807, 2.05) is 20.8 Å². The summed E-state index contributed by atoms with van der Waals surface area (Å²) >= 11 is 0. The van der Waals surface area contributed by atoms with Gasteiger partial charge >= 0.3 is 0 Å². The van der Waals surface area contributed by atoms with Crippen molar-refractivity contribution in [2.45, 2.75) is 59.4 Å². The highest BCUT2D eigenvalue weighted by atomic mass is 16.2. The summed E-state index contributed by atoms with van der Waals surface area (Å²) in [4.78, 5) is 23.6. The van der Waals surface area contributed by atoms with Crippen molar-refractivity contribution >= 4 is 11.8 Å². The van der Waals surface area contributed by atoms with Crippen LogP contribution in [0.25, 0.3) is 0 Å². The highest BCUT2D eigenvalue weighted by Gasteiger charge is 2.42. The first kappa shape index (κ1) is 15.3. The second-order valence-electron chi connectivity index (χ2n) is 7.63. The highest BCUT2D eigenvalue weighted by molar-refractivity contribution is 5.87. The lowest BCUT2D eigenvalue weighted by molar-refractivity contribution is -0.131. The highest BCUT2D eigenvalue weighted by Crippen LogP contribution is 2.49. The van der Waals surface area contributed by atoms with Crippen LogP contribution in [-0.4, -0.2) is 24.4 Å². The Morgan fingerprint density at radius 2 is 1.90 bits per heavy atom. The summed E-state index contributed by atoms with van der Waals surface area (Å²) in [6.45, 7) is 7.73. The van der Waals surface area contributed by atoms with Crippen LogP contribution in [0.4, 0.5) is 0 Å². The molecule has 0 aromatic rings. The monoisotopic (exact) mass is 280 g/mol. The number of carbonyl (C=O) groups excluding carboxylic acids is 2. The van der Waals surface area contributed by atoms with Crippen LogP contribution in [0.1, 0.15) is 53.4 Å². The zero-order valence-electron chi connectivity index (χ0n) is 13.2. The Hall–Kier alpha value is -1.06. The Kier molecular flexibility index (Phi) is 4.40. The van der Waals surface area contributed by atoms with Crippen LogP contribution in [0, 0.1) is 23.2 Å². The molecule has 2 bridgehead atoms. The Bertz CT molecular complexity index is 386. The van der Waals surface area contributed by atoms with Crippen LogP contribution < -0.4 is 10.6 Å². The van der Waals surface area contributed by atoms with Gasteiger partial charge in [-0.1, -0.05) is 27.2 Å². The Morgan fingerprint density at radius 3 is 2.40 bits per heavy atom.